The lowest BCUT2D eigenvalue weighted by Crippen LogP contribution is -1.95. The van der Waals surface area contributed by atoms with E-state index in [2.05, 4.69) is 16.9 Å². The first kappa shape index (κ1) is 8.24. The van der Waals surface area contributed by atoms with Gasteiger partial charge in [0, 0.05) is 11.5 Å². The minimum absolute atomic E-state index is 0.217. The molecule has 4 heteroatoms. The van der Waals surface area contributed by atoms with E-state index in [1.165, 1.54) is 19.0 Å². The molecule has 0 spiro atoms. The first-order chi connectivity index (χ1) is 6.67. The molecule has 14 heavy (non-hydrogen) atoms. The molecule has 0 saturated heterocycles. The van der Waals surface area contributed by atoms with E-state index in [0.717, 1.165) is 11.3 Å². The zero-order valence-electron chi connectivity index (χ0n) is 7.75. The molecule has 0 atom stereocenters. The zero-order chi connectivity index (χ0) is 9.76. The Morgan fingerprint density at radius 3 is 3.00 bits per heavy atom. The lowest BCUT2D eigenvalue weighted by molar-refractivity contribution is 0.491. The Balaban J connectivity index is 2.20. The minimum Gasteiger partial charge on any atom is -0.441 e. The van der Waals surface area contributed by atoms with Crippen molar-refractivity contribution in [2.45, 2.75) is 25.2 Å². The third kappa shape index (κ3) is 1.12. The molecule has 3 nitrogen and oxygen atoms in total. The highest BCUT2D eigenvalue weighted by Gasteiger charge is 2.42. The van der Waals surface area contributed by atoms with E-state index in [4.69, 9.17) is 16.0 Å². The molecule has 2 heterocycles. The summed E-state index contributed by atoms with van der Waals surface area (Å²) < 4.78 is 5.62. The molecule has 1 saturated carbocycles. The molecule has 0 unspecified atom stereocenters. The summed E-state index contributed by atoms with van der Waals surface area (Å²) >= 11 is 5.74. The van der Waals surface area contributed by atoms with Crippen LogP contribution in [0.25, 0.3) is 11.2 Å². The van der Waals surface area contributed by atoms with Crippen LogP contribution in [0, 0.1) is 0 Å². The van der Waals surface area contributed by atoms with Crippen molar-refractivity contribution in [3.05, 3.63) is 23.2 Å². The molecule has 0 radical (unpaired) electrons. The van der Waals surface area contributed by atoms with Crippen LogP contribution in [-0.4, -0.2) is 9.97 Å². The number of aromatic nitrogens is 2. The van der Waals surface area contributed by atoms with Crippen molar-refractivity contribution in [3.63, 3.8) is 0 Å². The SMILES string of the molecule is CC1(c2cc3nc(Cl)cnc3o2)CC1. The Morgan fingerprint density at radius 1 is 1.50 bits per heavy atom. The van der Waals surface area contributed by atoms with Gasteiger partial charge >= 0.3 is 0 Å². The molecule has 2 aromatic heterocycles. The second-order valence-corrected chi connectivity index (χ2v) is 4.44. The van der Waals surface area contributed by atoms with Crippen LogP contribution in [0.5, 0.6) is 0 Å². The molecule has 0 amide bonds. The van der Waals surface area contributed by atoms with E-state index < -0.39 is 0 Å². The molecule has 0 N–H and O–H groups in total. The molecule has 1 aliphatic rings. The molecule has 1 aliphatic carbocycles. The van der Waals surface area contributed by atoms with Crippen LogP contribution in [0.1, 0.15) is 25.5 Å². The summed E-state index contributed by atoms with van der Waals surface area (Å²) in [5, 5.41) is 0.408. The Bertz CT molecular complexity index is 502. The minimum atomic E-state index is 0.217. The van der Waals surface area contributed by atoms with Gasteiger partial charge in [-0.1, -0.05) is 18.5 Å². The smallest absolute Gasteiger partial charge is 0.245 e. The van der Waals surface area contributed by atoms with Crippen LogP contribution in [0.4, 0.5) is 0 Å². The van der Waals surface area contributed by atoms with E-state index >= 15 is 0 Å². The fourth-order valence-electron chi connectivity index (χ4n) is 1.53. The first-order valence-electron chi connectivity index (χ1n) is 4.60. The van der Waals surface area contributed by atoms with Gasteiger partial charge in [0.05, 0.1) is 6.20 Å². The standard InChI is InChI=1S/C10H9ClN2O/c1-10(2-3-10)7-4-6-9(14-7)12-5-8(11)13-6/h4-5H,2-3H2,1H3. The Hall–Kier alpha value is -1.09. The average molecular weight is 209 g/mol. The van der Waals surface area contributed by atoms with Crippen molar-refractivity contribution in [2.75, 3.05) is 0 Å². The molecule has 0 bridgehead atoms. The van der Waals surface area contributed by atoms with Gasteiger partial charge < -0.3 is 4.42 Å². The normalized spacial score (nSPS) is 18.7. The summed E-state index contributed by atoms with van der Waals surface area (Å²) in [7, 11) is 0. The predicted octanol–water partition coefficient (Wildman–Crippen LogP) is 2.93. The van der Waals surface area contributed by atoms with Crippen molar-refractivity contribution in [1.82, 2.24) is 9.97 Å². The molecule has 2 aromatic rings. The second kappa shape index (κ2) is 2.48. The molecule has 0 aromatic carbocycles. The van der Waals surface area contributed by atoms with Gasteiger partial charge in [-0.3, -0.25) is 0 Å². The second-order valence-electron chi connectivity index (χ2n) is 4.05. The molecule has 72 valence electrons. The summed E-state index contributed by atoms with van der Waals surface area (Å²) in [5.41, 5.74) is 1.55. The summed E-state index contributed by atoms with van der Waals surface area (Å²) in [4.78, 5) is 8.23. The molecule has 1 fully saturated rings. The highest BCUT2D eigenvalue weighted by atomic mass is 35.5. The largest absolute Gasteiger partial charge is 0.441 e. The number of furan rings is 1. The number of nitrogens with zero attached hydrogens (tertiary/aromatic N) is 2. The summed E-state index contributed by atoms with van der Waals surface area (Å²) in [6.45, 7) is 2.19. The van der Waals surface area contributed by atoms with Gasteiger partial charge in [-0.05, 0) is 12.8 Å². The van der Waals surface area contributed by atoms with Crippen LogP contribution in [0.2, 0.25) is 5.15 Å². The van der Waals surface area contributed by atoms with E-state index in [0.29, 0.717) is 10.9 Å². The van der Waals surface area contributed by atoms with Crippen LogP contribution in [0.3, 0.4) is 0 Å². The van der Waals surface area contributed by atoms with Crippen molar-refractivity contribution in [3.8, 4) is 0 Å². The van der Waals surface area contributed by atoms with E-state index in [9.17, 15) is 0 Å². The number of hydrogen-bond donors (Lipinski definition) is 0. The van der Waals surface area contributed by atoms with Crippen molar-refractivity contribution in [2.24, 2.45) is 0 Å². The third-order valence-electron chi connectivity index (χ3n) is 2.80. The Kier molecular flexibility index (Phi) is 1.46. The van der Waals surface area contributed by atoms with Crippen LogP contribution in [0.15, 0.2) is 16.7 Å². The quantitative estimate of drug-likeness (QED) is 0.723. The average Bonchev–Trinajstić information content (AvgIpc) is 2.77. The van der Waals surface area contributed by atoms with E-state index in [1.807, 2.05) is 6.07 Å². The Labute approximate surface area is 86.1 Å². The molecule has 0 aliphatic heterocycles. The van der Waals surface area contributed by atoms with Gasteiger partial charge in [0.2, 0.25) is 5.71 Å². The van der Waals surface area contributed by atoms with Gasteiger partial charge in [0.25, 0.3) is 0 Å². The lowest BCUT2D eigenvalue weighted by atomic mass is 10.1. The Morgan fingerprint density at radius 2 is 2.29 bits per heavy atom. The first-order valence-corrected chi connectivity index (χ1v) is 4.98. The number of hydrogen-bond acceptors (Lipinski definition) is 3. The van der Waals surface area contributed by atoms with Crippen molar-refractivity contribution >= 4 is 22.8 Å². The van der Waals surface area contributed by atoms with Gasteiger partial charge in [-0.25, -0.2) is 9.97 Å². The fraction of sp³-hybridized carbons (Fsp3) is 0.400. The number of fused-ring (bicyclic) bond motifs is 1. The van der Waals surface area contributed by atoms with Gasteiger partial charge in [-0.15, -0.1) is 0 Å². The molecular formula is C10H9ClN2O. The van der Waals surface area contributed by atoms with Crippen molar-refractivity contribution in [1.29, 1.82) is 0 Å². The fourth-order valence-corrected chi connectivity index (χ4v) is 1.67. The topological polar surface area (TPSA) is 38.9 Å². The van der Waals surface area contributed by atoms with E-state index in [-0.39, 0.29) is 5.41 Å². The summed E-state index contributed by atoms with van der Waals surface area (Å²) in [6.07, 6.45) is 3.87. The van der Waals surface area contributed by atoms with Gasteiger partial charge in [-0.2, -0.15) is 0 Å². The maximum atomic E-state index is 5.74. The van der Waals surface area contributed by atoms with Gasteiger partial charge in [0.1, 0.15) is 16.4 Å². The third-order valence-corrected chi connectivity index (χ3v) is 2.99. The molecule has 3 rings (SSSR count). The highest BCUT2D eigenvalue weighted by Crippen LogP contribution is 2.48. The maximum absolute atomic E-state index is 5.74. The zero-order valence-corrected chi connectivity index (χ0v) is 8.51. The lowest BCUT2D eigenvalue weighted by Gasteiger charge is -1.99. The van der Waals surface area contributed by atoms with Crippen LogP contribution < -0.4 is 0 Å². The predicted molar refractivity (Wildman–Crippen MR) is 53.4 cm³/mol. The van der Waals surface area contributed by atoms with Gasteiger partial charge in [0.15, 0.2) is 0 Å². The number of halogens is 1. The number of rotatable bonds is 1. The highest BCUT2D eigenvalue weighted by molar-refractivity contribution is 6.29. The van der Waals surface area contributed by atoms with E-state index in [1.54, 1.807) is 0 Å². The van der Waals surface area contributed by atoms with Crippen LogP contribution >= 0.6 is 11.6 Å². The summed E-state index contributed by atoms with van der Waals surface area (Å²) in [5.74, 6) is 0.981. The maximum Gasteiger partial charge on any atom is 0.245 e. The van der Waals surface area contributed by atoms with Crippen molar-refractivity contribution < 1.29 is 4.42 Å². The van der Waals surface area contributed by atoms with Crippen LogP contribution in [-0.2, 0) is 5.41 Å². The molecular weight excluding hydrogens is 200 g/mol. The monoisotopic (exact) mass is 208 g/mol. The summed E-state index contributed by atoms with van der Waals surface area (Å²) in [6, 6.07) is 1.95.